The quantitative estimate of drug-likeness (QED) is 0.703. The van der Waals surface area contributed by atoms with E-state index in [1.807, 2.05) is 11.0 Å². The summed E-state index contributed by atoms with van der Waals surface area (Å²) >= 11 is 0. The summed E-state index contributed by atoms with van der Waals surface area (Å²) in [6, 6.07) is 10.4. The Hall–Kier alpha value is -1.34. The van der Waals surface area contributed by atoms with Crippen molar-refractivity contribution >= 4 is 36.6 Å². The summed E-state index contributed by atoms with van der Waals surface area (Å²) in [6.45, 7) is 5.02. The molecule has 1 aromatic rings. The predicted octanol–water partition coefficient (Wildman–Crippen LogP) is 2.06. The molecule has 8 heteroatoms. The average molecular weight is 445 g/mol. The normalized spacial score (nSPS) is 22.2. The van der Waals surface area contributed by atoms with Crippen molar-refractivity contribution in [3.8, 4) is 0 Å². The van der Waals surface area contributed by atoms with Crippen LogP contribution in [0.5, 0.6) is 0 Å². The van der Waals surface area contributed by atoms with E-state index in [1.165, 1.54) is 5.56 Å². The van der Waals surface area contributed by atoms with Gasteiger partial charge in [0, 0.05) is 39.3 Å². The van der Waals surface area contributed by atoms with E-state index in [2.05, 4.69) is 34.5 Å². The summed E-state index contributed by atoms with van der Waals surface area (Å²) in [6.07, 6.45) is 3.75. The molecule has 2 fully saturated rings. The lowest BCUT2D eigenvalue weighted by Gasteiger charge is -2.38. The first-order chi connectivity index (χ1) is 13.2. The maximum atomic E-state index is 13.1. The highest BCUT2D eigenvalue weighted by Gasteiger charge is 2.33. The minimum atomic E-state index is -0.0988. The third kappa shape index (κ3) is 7.45. The van der Waals surface area contributed by atoms with Crippen LogP contribution in [-0.2, 0) is 16.1 Å². The highest BCUT2D eigenvalue weighted by atomic mass is 35.5. The zero-order valence-corrected chi connectivity index (χ0v) is 18.6. The van der Waals surface area contributed by atoms with Crippen LogP contribution in [0.3, 0.4) is 0 Å². The Kier molecular flexibility index (Phi) is 11.6. The van der Waals surface area contributed by atoms with Crippen LogP contribution in [0, 0.1) is 11.8 Å². The first-order valence-corrected chi connectivity index (χ1v) is 10.2. The van der Waals surface area contributed by atoms with E-state index in [0.717, 1.165) is 51.9 Å². The number of halogens is 2. The molecule has 2 aliphatic rings. The maximum Gasteiger partial charge on any atom is 0.226 e. The number of amides is 2. The molecule has 3 rings (SSSR count). The molecule has 2 amide bonds. The second-order valence-corrected chi connectivity index (χ2v) is 7.76. The summed E-state index contributed by atoms with van der Waals surface area (Å²) in [7, 11) is 0. The zero-order valence-electron chi connectivity index (χ0n) is 16.9. The SMILES string of the molecule is Cl.Cl.NCCNC(=O)C1CCCN(C(=O)C2CCCN(Cc3ccccc3)C2)C1. The van der Waals surface area contributed by atoms with Crippen LogP contribution in [0.15, 0.2) is 30.3 Å². The van der Waals surface area contributed by atoms with E-state index < -0.39 is 0 Å². The molecular weight excluding hydrogens is 411 g/mol. The zero-order chi connectivity index (χ0) is 19.1. The van der Waals surface area contributed by atoms with Crippen molar-refractivity contribution in [3.05, 3.63) is 35.9 Å². The number of likely N-dealkylation sites (tertiary alicyclic amines) is 2. The monoisotopic (exact) mass is 444 g/mol. The van der Waals surface area contributed by atoms with Crippen LogP contribution in [0.2, 0.25) is 0 Å². The van der Waals surface area contributed by atoms with E-state index in [1.54, 1.807) is 0 Å². The van der Waals surface area contributed by atoms with Gasteiger partial charge in [0.25, 0.3) is 0 Å². The minimum absolute atomic E-state index is 0. The summed E-state index contributed by atoms with van der Waals surface area (Å²) in [5, 5.41) is 2.87. The Balaban J connectivity index is 0.00000210. The molecule has 0 aliphatic carbocycles. The van der Waals surface area contributed by atoms with Gasteiger partial charge < -0.3 is 16.0 Å². The van der Waals surface area contributed by atoms with Crippen LogP contribution in [0.1, 0.15) is 31.2 Å². The van der Waals surface area contributed by atoms with Gasteiger partial charge in [-0.2, -0.15) is 0 Å². The van der Waals surface area contributed by atoms with Crippen LogP contribution >= 0.6 is 24.8 Å². The Morgan fingerprint density at radius 3 is 2.41 bits per heavy atom. The van der Waals surface area contributed by atoms with E-state index >= 15 is 0 Å². The van der Waals surface area contributed by atoms with Crippen molar-refractivity contribution < 1.29 is 9.59 Å². The van der Waals surface area contributed by atoms with Crippen LogP contribution in [-0.4, -0.2) is 60.9 Å². The van der Waals surface area contributed by atoms with Gasteiger partial charge in [-0.1, -0.05) is 30.3 Å². The molecule has 2 unspecified atom stereocenters. The number of nitrogens with two attached hydrogens (primary N) is 1. The van der Waals surface area contributed by atoms with Gasteiger partial charge in [-0.05, 0) is 37.8 Å². The van der Waals surface area contributed by atoms with Crippen molar-refractivity contribution in [3.63, 3.8) is 0 Å². The van der Waals surface area contributed by atoms with Crippen molar-refractivity contribution in [2.24, 2.45) is 17.6 Å². The predicted molar refractivity (Wildman–Crippen MR) is 120 cm³/mol. The van der Waals surface area contributed by atoms with Crippen molar-refractivity contribution in [2.45, 2.75) is 32.2 Å². The Morgan fingerprint density at radius 1 is 1.00 bits per heavy atom. The topological polar surface area (TPSA) is 78.7 Å². The van der Waals surface area contributed by atoms with Crippen LogP contribution in [0.4, 0.5) is 0 Å². The standard InChI is InChI=1S/C21H32N4O2.2ClH/c22-10-11-23-20(26)18-8-5-13-25(16-18)21(27)19-9-4-12-24(15-19)14-17-6-2-1-3-7-17;;/h1-3,6-7,18-19H,4-5,8-16,22H2,(H,23,26);2*1H. The van der Waals surface area contributed by atoms with E-state index in [4.69, 9.17) is 5.73 Å². The number of hydrogen-bond acceptors (Lipinski definition) is 4. The molecule has 2 heterocycles. The van der Waals surface area contributed by atoms with Gasteiger partial charge in [-0.15, -0.1) is 24.8 Å². The third-order valence-electron chi connectivity index (χ3n) is 5.65. The van der Waals surface area contributed by atoms with Crippen molar-refractivity contribution in [2.75, 3.05) is 39.3 Å². The smallest absolute Gasteiger partial charge is 0.226 e. The Bertz CT molecular complexity index is 632. The fourth-order valence-corrected chi connectivity index (χ4v) is 4.23. The Labute approximate surface area is 186 Å². The number of rotatable bonds is 6. The molecule has 0 radical (unpaired) electrons. The number of benzene rings is 1. The number of hydrogen-bond donors (Lipinski definition) is 2. The van der Waals surface area contributed by atoms with Gasteiger partial charge in [0.05, 0.1) is 11.8 Å². The summed E-state index contributed by atoms with van der Waals surface area (Å²) in [4.78, 5) is 29.6. The molecule has 164 valence electrons. The molecule has 0 spiro atoms. The third-order valence-corrected chi connectivity index (χ3v) is 5.65. The number of carbonyl (C=O) groups is 2. The summed E-state index contributed by atoms with van der Waals surface area (Å²) < 4.78 is 0. The minimum Gasteiger partial charge on any atom is -0.355 e. The van der Waals surface area contributed by atoms with Crippen molar-refractivity contribution in [1.82, 2.24) is 15.1 Å². The summed E-state index contributed by atoms with van der Waals surface area (Å²) in [5.41, 5.74) is 6.76. The van der Waals surface area contributed by atoms with Gasteiger partial charge in [0.15, 0.2) is 0 Å². The van der Waals surface area contributed by atoms with E-state index in [-0.39, 0.29) is 48.5 Å². The van der Waals surface area contributed by atoms with Gasteiger partial charge in [0.1, 0.15) is 0 Å². The molecule has 3 N–H and O–H groups in total. The van der Waals surface area contributed by atoms with Gasteiger partial charge in [-0.3, -0.25) is 14.5 Å². The lowest BCUT2D eigenvalue weighted by atomic mass is 9.92. The molecule has 29 heavy (non-hydrogen) atoms. The fourth-order valence-electron chi connectivity index (χ4n) is 4.23. The molecule has 2 saturated heterocycles. The van der Waals surface area contributed by atoms with Gasteiger partial charge in [0.2, 0.25) is 11.8 Å². The molecule has 6 nitrogen and oxygen atoms in total. The second kappa shape index (κ2) is 13.1. The van der Waals surface area contributed by atoms with Gasteiger partial charge in [-0.25, -0.2) is 0 Å². The Morgan fingerprint density at radius 2 is 1.69 bits per heavy atom. The average Bonchev–Trinajstić information content (AvgIpc) is 2.72. The van der Waals surface area contributed by atoms with E-state index in [9.17, 15) is 9.59 Å². The number of piperidine rings is 2. The van der Waals surface area contributed by atoms with Crippen LogP contribution in [0.25, 0.3) is 0 Å². The molecule has 0 aromatic heterocycles. The lowest BCUT2D eigenvalue weighted by molar-refractivity contribution is -0.141. The molecule has 2 aliphatic heterocycles. The van der Waals surface area contributed by atoms with Crippen LogP contribution < -0.4 is 11.1 Å². The molecule has 2 atom stereocenters. The molecule has 0 saturated carbocycles. The highest BCUT2D eigenvalue weighted by Crippen LogP contribution is 2.24. The van der Waals surface area contributed by atoms with E-state index in [0.29, 0.717) is 19.6 Å². The summed E-state index contributed by atoms with van der Waals surface area (Å²) in [5.74, 6) is 0.211. The number of nitrogens with zero attached hydrogens (tertiary/aromatic N) is 2. The molecular formula is C21H34Cl2N4O2. The number of nitrogens with one attached hydrogen (secondary N) is 1. The largest absolute Gasteiger partial charge is 0.355 e. The molecule has 0 bridgehead atoms. The molecule has 1 aromatic carbocycles. The van der Waals surface area contributed by atoms with Gasteiger partial charge >= 0.3 is 0 Å². The highest BCUT2D eigenvalue weighted by molar-refractivity contribution is 5.85. The van der Waals surface area contributed by atoms with Crippen molar-refractivity contribution in [1.29, 1.82) is 0 Å². The number of carbonyl (C=O) groups excluding carboxylic acids is 2. The first-order valence-electron chi connectivity index (χ1n) is 10.2. The maximum absolute atomic E-state index is 13.1. The lowest BCUT2D eigenvalue weighted by Crippen LogP contribution is -2.50. The first kappa shape index (κ1) is 25.7. The second-order valence-electron chi connectivity index (χ2n) is 7.76. The fraction of sp³-hybridized carbons (Fsp3) is 0.619.